The van der Waals surface area contributed by atoms with Gasteiger partial charge < -0.3 is 10.0 Å². The van der Waals surface area contributed by atoms with Gasteiger partial charge >= 0.3 is 0 Å². The Morgan fingerprint density at radius 3 is 2.43 bits per heavy atom. The van der Waals surface area contributed by atoms with E-state index in [9.17, 15) is 10.1 Å². The van der Waals surface area contributed by atoms with E-state index in [0.29, 0.717) is 22.3 Å². The molecule has 116 valence electrons. The molecule has 0 radical (unpaired) electrons. The number of benzene rings is 1. The second-order valence-corrected chi connectivity index (χ2v) is 5.74. The number of nitro groups is 1. The number of non-ortho nitro benzene ring substituents is 1. The lowest BCUT2D eigenvalue weighted by Gasteiger charge is -2.25. The van der Waals surface area contributed by atoms with E-state index in [-0.39, 0.29) is 12.3 Å². The standard InChI is InChI=1S/C13H17Cl2N3O3/c14-11-8-10(18(20)21)9-12(15)13(11)17-3-1-2-16(4-5-17)6-7-19/h8-9,19H,1-7H2. The van der Waals surface area contributed by atoms with E-state index >= 15 is 0 Å². The second-order valence-electron chi connectivity index (χ2n) is 4.92. The zero-order valence-electron chi connectivity index (χ0n) is 11.5. The van der Waals surface area contributed by atoms with Crippen LogP contribution in [0.25, 0.3) is 0 Å². The molecule has 0 aliphatic carbocycles. The van der Waals surface area contributed by atoms with Crippen molar-refractivity contribution in [1.82, 2.24) is 4.90 Å². The number of hydrogen-bond acceptors (Lipinski definition) is 5. The molecule has 1 N–H and O–H groups in total. The molecule has 0 amide bonds. The summed E-state index contributed by atoms with van der Waals surface area (Å²) in [5, 5.41) is 20.4. The summed E-state index contributed by atoms with van der Waals surface area (Å²) in [4.78, 5) is 14.5. The fourth-order valence-corrected chi connectivity index (χ4v) is 3.23. The molecule has 2 rings (SSSR count). The molecule has 1 heterocycles. The first-order valence-electron chi connectivity index (χ1n) is 6.74. The molecule has 0 unspecified atom stereocenters. The Labute approximate surface area is 133 Å². The minimum absolute atomic E-state index is 0.106. The van der Waals surface area contributed by atoms with Crippen LogP contribution in [0.4, 0.5) is 11.4 Å². The molecule has 1 aromatic rings. The largest absolute Gasteiger partial charge is 0.395 e. The Hall–Kier alpha value is -1.08. The van der Waals surface area contributed by atoms with Crippen molar-refractivity contribution in [2.24, 2.45) is 0 Å². The molecule has 0 aromatic heterocycles. The minimum atomic E-state index is -0.507. The summed E-state index contributed by atoms with van der Waals surface area (Å²) in [5.74, 6) is 0. The molecule has 0 saturated carbocycles. The summed E-state index contributed by atoms with van der Waals surface area (Å²) in [5.41, 5.74) is 0.542. The third kappa shape index (κ3) is 3.97. The van der Waals surface area contributed by atoms with Gasteiger partial charge in [0.15, 0.2) is 0 Å². The zero-order valence-corrected chi connectivity index (χ0v) is 13.0. The van der Waals surface area contributed by atoms with Gasteiger partial charge in [-0.1, -0.05) is 23.2 Å². The SMILES string of the molecule is O=[N+]([O-])c1cc(Cl)c(N2CCCN(CCO)CC2)c(Cl)c1. The third-order valence-electron chi connectivity index (χ3n) is 3.53. The molecule has 21 heavy (non-hydrogen) atoms. The summed E-state index contributed by atoms with van der Waals surface area (Å²) in [7, 11) is 0. The Morgan fingerprint density at radius 2 is 1.86 bits per heavy atom. The minimum Gasteiger partial charge on any atom is -0.395 e. The molecule has 1 aromatic carbocycles. The number of nitrogens with zero attached hydrogens (tertiary/aromatic N) is 3. The van der Waals surface area contributed by atoms with E-state index in [4.69, 9.17) is 28.3 Å². The fourth-order valence-electron chi connectivity index (χ4n) is 2.52. The highest BCUT2D eigenvalue weighted by Crippen LogP contribution is 2.37. The summed E-state index contributed by atoms with van der Waals surface area (Å²) in [6.07, 6.45) is 0.920. The third-order valence-corrected chi connectivity index (χ3v) is 4.11. The highest BCUT2D eigenvalue weighted by Gasteiger charge is 2.21. The van der Waals surface area contributed by atoms with Gasteiger partial charge in [-0.15, -0.1) is 0 Å². The van der Waals surface area contributed by atoms with Gasteiger partial charge in [0.05, 0.1) is 27.3 Å². The molecule has 0 bridgehead atoms. The maximum Gasteiger partial charge on any atom is 0.272 e. The molecule has 1 saturated heterocycles. The van der Waals surface area contributed by atoms with Crippen LogP contribution < -0.4 is 4.90 Å². The van der Waals surface area contributed by atoms with Gasteiger partial charge in [0.25, 0.3) is 5.69 Å². The number of hydrogen-bond donors (Lipinski definition) is 1. The molecule has 8 heteroatoms. The van der Waals surface area contributed by atoms with E-state index in [2.05, 4.69) is 4.90 Å². The molecule has 6 nitrogen and oxygen atoms in total. The van der Waals surface area contributed by atoms with Gasteiger partial charge in [-0.25, -0.2) is 0 Å². The number of anilines is 1. The van der Waals surface area contributed by atoms with Crippen molar-refractivity contribution >= 4 is 34.6 Å². The summed E-state index contributed by atoms with van der Waals surface area (Å²) >= 11 is 12.4. The van der Waals surface area contributed by atoms with E-state index in [0.717, 1.165) is 32.6 Å². The Morgan fingerprint density at radius 1 is 1.19 bits per heavy atom. The van der Waals surface area contributed by atoms with Gasteiger partial charge in [0, 0.05) is 38.3 Å². The maximum atomic E-state index is 10.8. The Balaban J connectivity index is 2.20. The molecule has 0 spiro atoms. The van der Waals surface area contributed by atoms with Crippen LogP contribution in [0.3, 0.4) is 0 Å². The predicted molar refractivity (Wildman–Crippen MR) is 83.5 cm³/mol. The van der Waals surface area contributed by atoms with Crippen LogP contribution in [0.1, 0.15) is 6.42 Å². The highest BCUT2D eigenvalue weighted by molar-refractivity contribution is 6.39. The average Bonchev–Trinajstić information content (AvgIpc) is 2.64. The highest BCUT2D eigenvalue weighted by atomic mass is 35.5. The van der Waals surface area contributed by atoms with Gasteiger partial charge in [0.1, 0.15) is 0 Å². The normalized spacial score (nSPS) is 16.8. The number of rotatable bonds is 4. The van der Waals surface area contributed by atoms with Gasteiger partial charge in [-0.3, -0.25) is 15.0 Å². The van der Waals surface area contributed by atoms with Crippen molar-refractivity contribution in [3.8, 4) is 0 Å². The number of nitro benzene ring substituents is 1. The average molecular weight is 334 g/mol. The summed E-state index contributed by atoms with van der Waals surface area (Å²) in [6.45, 7) is 3.98. The van der Waals surface area contributed by atoms with E-state index in [1.165, 1.54) is 12.1 Å². The number of aliphatic hydroxyl groups is 1. The van der Waals surface area contributed by atoms with E-state index < -0.39 is 4.92 Å². The van der Waals surface area contributed by atoms with Crippen LogP contribution in [0.15, 0.2) is 12.1 Å². The lowest BCUT2D eigenvalue weighted by Crippen LogP contribution is -2.32. The van der Waals surface area contributed by atoms with Crippen molar-refractivity contribution in [3.63, 3.8) is 0 Å². The maximum absolute atomic E-state index is 10.8. The van der Waals surface area contributed by atoms with Gasteiger partial charge in [-0.05, 0) is 13.0 Å². The van der Waals surface area contributed by atoms with Crippen LogP contribution >= 0.6 is 23.2 Å². The predicted octanol–water partition coefficient (Wildman–Crippen LogP) is 2.41. The first-order chi connectivity index (χ1) is 10.0. The van der Waals surface area contributed by atoms with Crippen molar-refractivity contribution < 1.29 is 10.0 Å². The fraction of sp³-hybridized carbons (Fsp3) is 0.538. The van der Waals surface area contributed by atoms with Crippen LogP contribution in [-0.4, -0.2) is 54.3 Å². The summed E-state index contributed by atoms with van der Waals surface area (Å²) < 4.78 is 0. The molecular weight excluding hydrogens is 317 g/mol. The quantitative estimate of drug-likeness (QED) is 0.676. The molecule has 1 aliphatic rings. The lowest BCUT2D eigenvalue weighted by atomic mass is 10.2. The molecular formula is C13H17Cl2N3O3. The van der Waals surface area contributed by atoms with E-state index in [1.807, 2.05) is 4.90 Å². The van der Waals surface area contributed by atoms with Crippen LogP contribution in [-0.2, 0) is 0 Å². The Kier molecular flexibility index (Phi) is 5.64. The van der Waals surface area contributed by atoms with E-state index in [1.54, 1.807) is 0 Å². The molecule has 1 aliphatic heterocycles. The second kappa shape index (κ2) is 7.26. The molecule has 0 atom stereocenters. The Bertz CT molecular complexity index is 504. The van der Waals surface area contributed by atoms with Crippen molar-refractivity contribution in [2.75, 3.05) is 44.2 Å². The monoisotopic (exact) mass is 333 g/mol. The number of β-amino-alcohol motifs (C(OH)–C–C–N with tert-alkyl or cyclic N) is 1. The zero-order chi connectivity index (χ0) is 15.4. The lowest BCUT2D eigenvalue weighted by molar-refractivity contribution is -0.384. The summed E-state index contributed by atoms with van der Waals surface area (Å²) in [6, 6.07) is 2.66. The van der Waals surface area contributed by atoms with Crippen LogP contribution in [0.2, 0.25) is 10.0 Å². The van der Waals surface area contributed by atoms with Gasteiger partial charge in [0.2, 0.25) is 0 Å². The first kappa shape index (κ1) is 16.3. The first-order valence-corrected chi connectivity index (χ1v) is 7.50. The smallest absolute Gasteiger partial charge is 0.272 e. The van der Waals surface area contributed by atoms with Crippen molar-refractivity contribution in [3.05, 3.63) is 32.3 Å². The number of halogens is 2. The van der Waals surface area contributed by atoms with Crippen molar-refractivity contribution in [1.29, 1.82) is 0 Å². The number of aliphatic hydroxyl groups excluding tert-OH is 1. The van der Waals surface area contributed by atoms with Crippen molar-refractivity contribution in [2.45, 2.75) is 6.42 Å². The topological polar surface area (TPSA) is 69.9 Å². The molecule has 1 fully saturated rings. The van der Waals surface area contributed by atoms with Gasteiger partial charge in [-0.2, -0.15) is 0 Å². The van der Waals surface area contributed by atoms with Crippen LogP contribution in [0.5, 0.6) is 0 Å². The van der Waals surface area contributed by atoms with Crippen LogP contribution in [0, 0.1) is 10.1 Å².